The van der Waals surface area contributed by atoms with Gasteiger partial charge in [0.05, 0.1) is 10.7 Å². The van der Waals surface area contributed by atoms with Crippen molar-refractivity contribution in [3.63, 3.8) is 0 Å². The Balaban J connectivity index is 1.91. The first-order chi connectivity index (χ1) is 8.67. The fourth-order valence-electron chi connectivity index (χ4n) is 1.53. The summed E-state index contributed by atoms with van der Waals surface area (Å²) in [5.74, 6) is 1.68. The van der Waals surface area contributed by atoms with E-state index in [4.69, 9.17) is 5.73 Å². The van der Waals surface area contributed by atoms with Gasteiger partial charge >= 0.3 is 0 Å². The third-order valence-electron chi connectivity index (χ3n) is 2.35. The molecule has 0 saturated carbocycles. The molecule has 2 heterocycles. The number of aryl methyl sites for hydroxylation is 1. The first-order valence-electron chi connectivity index (χ1n) is 5.64. The summed E-state index contributed by atoms with van der Waals surface area (Å²) in [7, 11) is 1.80. The van der Waals surface area contributed by atoms with E-state index in [1.165, 1.54) is 0 Å². The van der Waals surface area contributed by atoms with E-state index >= 15 is 0 Å². The van der Waals surface area contributed by atoms with Gasteiger partial charge in [-0.2, -0.15) is 9.97 Å². The van der Waals surface area contributed by atoms with Crippen LogP contribution < -0.4 is 16.4 Å². The van der Waals surface area contributed by atoms with Crippen LogP contribution in [0.5, 0.6) is 0 Å². The molecule has 0 atom stereocenters. The Morgan fingerprint density at radius 1 is 1.28 bits per heavy atom. The molecule has 0 fully saturated rings. The SMILES string of the molecule is CNc1cc(NCCc2csc(C)n2)nc(N)n1. The van der Waals surface area contributed by atoms with Crippen LogP contribution in [-0.2, 0) is 6.42 Å². The lowest BCUT2D eigenvalue weighted by Crippen LogP contribution is -2.09. The van der Waals surface area contributed by atoms with Gasteiger partial charge in [-0.3, -0.25) is 0 Å². The van der Waals surface area contributed by atoms with Crippen molar-refractivity contribution < 1.29 is 0 Å². The van der Waals surface area contributed by atoms with Crippen LogP contribution in [0.15, 0.2) is 11.4 Å². The number of nitrogens with one attached hydrogen (secondary N) is 2. The lowest BCUT2D eigenvalue weighted by atomic mass is 10.3. The number of anilines is 3. The van der Waals surface area contributed by atoms with Gasteiger partial charge in [0.15, 0.2) is 0 Å². The molecule has 2 aromatic rings. The molecule has 0 spiro atoms. The van der Waals surface area contributed by atoms with E-state index in [2.05, 4.69) is 31.0 Å². The molecule has 18 heavy (non-hydrogen) atoms. The van der Waals surface area contributed by atoms with Crippen molar-refractivity contribution in [2.45, 2.75) is 13.3 Å². The van der Waals surface area contributed by atoms with Crippen LogP contribution in [0.25, 0.3) is 0 Å². The minimum absolute atomic E-state index is 0.258. The van der Waals surface area contributed by atoms with Crippen LogP contribution >= 0.6 is 11.3 Å². The summed E-state index contributed by atoms with van der Waals surface area (Å²) in [6.45, 7) is 2.77. The number of rotatable bonds is 5. The number of hydrogen-bond donors (Lipinski definition) is 3. The fraction of sp³-hybridized carbons (Fsp3) is 0.364. The highest BCUT2D eigenvalue weighted by Crippen LogP contribution is 2.12. The molecular formula is C11H16N6S. The Hall–Kier alpha value is -1.89. The van der Waals surface area contributed by atoms with Crippen LogP contribution in [-0.4, -0.2) is 28.5 Å². The van der Waals surface area contributed by atoms with Crippen molar-refractivity contribution in [3.8, 4) is 0 Å². The zero-order valence-corrected chi connectivity index (χ0v) is 11.2. The highest BCUT2D eigenvalue weighted by Gasteiger charge is 2.02. The number of thiazole rings is 1. The van der Waals surface area contributed by atoms with Crippen molar-refractivity contribution in [2.24, 2.45) is 0 Å². The minimum atomic E-state index is 0.258. The number of hydrogen-bond acceptors (Lipinski definition) is 7. The van der Waals surface area contributed by atoms with E-state index in [0.717, 1.165) is 29.5 Å². The average Bonchev–Trinajstić information content (AvgIpc) is 2.74. The lowest BCUT2D eigenvalue weighted by Gasteiger charge is -2.07. The van der Waals surface area contributed by atoms with E-state index in [0.29, 0.717) is 5.82 Å². The molecule has 0 aliphatic carbocycles. The average molecular weight is 264 g/mol. The normalized spacial score (nSPS) is 10.3. The first-order valence-corrected chi connectivity index (χ1v) is 6.52. The van der Waals surface area contributed by atoms with Crippen molar-refractivity contribution >= 4 is 28.9 Å². The van der Waals surface area contributed by atoms with Gasteiger partial charge in [0.1, 0.15) is 11.6 Å². The third-order valence-corrected chi connectivity index (χ3v) is 3.18. The summed E-state index contributed by atoms with van der Waals surface area (Å²) in [5.41, 5.74) is 6.71. The van der Waals surface area contributed by atoms with Crippen LogP contribution in [0.3, 0.4) is 0 Å². The molecule has 2 rings (SSSR count). The summed E-state index contributed by atoms with van der Waals surface area (Å²) < 4.78 is 0. The lowest BCUT2D eigenvalue weighted by molar-refractivity contribution is 0.958. The molecule has 0 aliphatic rings. The zero-order valence-electron chi connectivity index (χ0n) is 10.4. The van der Waals surface area contributed by atoms with Gasteiger partial charge in [0.2, 0.25) is 5.95 Å². The smallest absolute Gasteiger partial charge is 0.223 e. The predicted molar refractivity (Wildman–Crippen MR) is 75.0 cm³/mol. The molecule has 4 N–H and O–H groups in total. The Labute approximate surface area is 110 Å². The third kappa shape index (κ3) is 3.30. The molecule has 0 bridgehead atoms. The molecule has 0 saturated heterocycles. The number of nitrogens with zero attached hydrogens (tertiary/aromatic N) is 3. The molecular weight excluding hydrogens is 248 g/mol. The molecule has 0 aliphatic heterocycles. The van der Waals surface area contributed by atoms with Crippen molar-refractivity contribution in [1.82, 2.24) is 15.0 Å². The molecule has 7 heteroatoms. The minimum Gasteiger partial charge on any atom is -0.373 e. The van der Waals surface area contributed by atoms with E-state index < -0.39 is 0 Å². The Morgan fingerprint density at radius 2 is 2.06 bits per heavy atom. The van der Waals surface area contributed by atoms with Crippen LogP contribution in [0.2, 0.25) is 0 Å². The Bertz CT molecular complexity index is 524. The second-order valence-corrected chi connectivity index (χ2v) is 4.84. The summed E-state index contributed by atoms with van der Waals surface area (Å²) >= 11 is 1.66. The quantitative estimate of drug-likeness (QED) is 0.758. The number of nitrogens with two attached hydrogens (primary N) is 1. The van der Waals surface area contributed by atoms with E-state index in [1.807, 2.05) is 13.0 Å². The van der Waals surface area contributed by atoms with Crippen LogP contribution in [0.4, 0.5) is 17.6 Å². The maximum absolute atomic E-state index is 5.61. The first kappa shape index (κ1) is 12.6. The maximum Gasteiger partial charge on any atom is 0.223 e. The summed E-state index contributed by atoms with van der Waals surface area (Å²) in [6, 6.07) is 1.82. The maximum atomic E-state index is 5.61. The summed E-state index contributed by atoms with van der Waals surface area (Å²) in [5, 5.41) is 9.31. The highest BCUT2D eigenvalue weighted by molar-refractivity contribution is 7.09. The standard InChI is InChI=1S/C11H16N6S/c1-7-15-8(6-18-7)3-4-14-10-5-9(13-2)16-11(12)17-10/h5-6H,3-4H2,1-2H3,(H4,12,13,14,16,17). The Morgan fingerprint density at radius 3 is 2.72 bits per heavy atom. The van der Waals surface area contributed by atoms with Gasteiger partial charge in [0, 0.05) is 31.5 Å². The predicted octanol–water partition coefficient (Wildman–Crippen LogP) is 1.52. The van der Waals surface area contributed by atoms with E-state index in [-0.39, 0.29) is 5.95 Å². The van der Waals surface area contributed by atoms with E-state index in [1.54, 1.807) is 18.4 Å². The zero-order chi connectivity index (χ0) is 13.0. The molecule has 96 valence electrons. The van der Waals surface area contributed by atoms with Gasteiger partial charge in [0.25, 0.3) is 0 Å². The molecule has 0 amide bonds. The largest absolute Gasteiger partial charge is 0.373 e. The number of aromatic nitrogens is 3. The van der Waals surface area contributed by atoms with Gasteiger partial charge in [-0.05, 0) is 6.92 Å². The second kappa shape index (κ2) is 5.63. The van der Waals surface area contributed by atoms with E-state index in [9.17, 15) is 0 Å². The molecule has 0 radical (unpaired) electrons. The summed E-state index contributed by atoms with van der Waals surface area (Å²) in [6.07, 6.45) is 0.864. The molecule has 0 aromatic carbocycles. The van der Waals surface area contributed by atoms with Gasteiger partial charge in [-0.1, -0.05) is 0 Å². The fourth-order valence-corrected chi connectivity index (χ4v) is 2.17. The van der Waals surface area contributed by atoms with Crippen LogP contribution in [0.1, 0.15) is 10.7 Å². The second-order valence-electron chi connectivity index (χ2n) is 3.78. The topological polar surface area (TPSA) is 88.8 Å². The van der Waals surface area contributed by atoms with Gasteiger partial charge < -0.3 is 16.4 Å². The molecule has 6 nitrogen and oxygen atoms in total. The van der Waals surface area contributed by atoms with Crippen molar-refractivity contribution in [2.75, 3.05) is 30.0 Å². The molecule has 0 unspecified atom stereocenters. The molecule has 2 aromatic heterocycles. The van der Waals surface area contributed by atoms with Gasteiger partial charge in [-0.25, -0.2) is 4.98 Å². The monoisotopic (exact) mass is 264 g/mol. The van der Waals surface area contributed by atoms with Crippen molar-refractivity contribution in [1.29, 1.82) is 0 Å². The van der Waals surface area contributed by atoms with Crippen molar-refractivity contribution in [3.05, 3.63) is 22.1 Å². The Kier molecular flexibility index (Phi) is 3.93. The van der Waals surface area contributed by atoms with Gasteiger partial charge in [-0.15, -0.1) is 11.3 Å². The van der Waals surface area contributed by atoms with Crippen LogP contribution in [0, 0.1) is 6.92 Å². The highest BCUT2D eigenvalue weighted by atomic mass is 32.1. The summed E-state index contributed by atoms with van der Waals surface area (Å²) in [4.78, 5) is 12.5. The number of nitrogen functional groups attached to an aromatic ring is 1.